The maximum absolute atomic E-state index is 11.5. The van der Waals surface area contributed by atoms with Gasteiger partial charge >= 0.3 is 0 Å². The van der Waals surface area contributed by atoms with Crippen molar-refractivity contribution in [1.29, 1.82) is 0 Å². The largest absolute Gasteiger partial charge is 0.343 e. The first-order chi connectivity index (χ1) is 10.2. The van der Waals surface area contributed by atoms with Gasteiger partial charge in [0, 0.05) is 32.4 Å². The first-order valence-corrected chi connectivity index (χ1v) is 7.28. The van der Waals surface area contributed by atoms with E-state index >= 15 is 0 Å². The number of likely N-dealkylation sites (tertiary alicyclic amines) is 1. The van der Waals surface area contributed by atoms with Crippen molar-refractivity contribution in [1.82, 2.24) is 25.1 Å². The summed E-state index contributed by atoms with van der Waals surface area (Å²) in [6.07, 6.45) is 8.32. The molecule has 0 unspecified atom stereocenters. The number of nitrogens with zero attached hydrogens (tertiary/aromatic N) is 4. The lowest BCUT2D eigenvalue weighted by atomic mass is 9.93. The minimum absolute atomic E-state index is 0.164. The highest BCUT2D eigenvalue weighted by molar-refractivity contribution is 5.73. The Hall–Kier alpha value is -2.24. The van der Waals surface area contributed by atoms with Crippen LogP contribution < -0.4 is 0 Å². The number of nitrogens with one attached hydrogen (secondary N) is 1. The Bertz CT molecular complexity index is 610. The van der Waals surface area contributed by atoms with Crippen LogP contribution in [0, 0.1) is 5.92 Å². The Kier molecular flexibility index (Phi) is 3.94. The lowest BCUT2D eigenvalue weighted by Gasteiger charge is -2.31. The lowest BCUT2D eigenvalue weighted by molar-refractivity contribution is -0.130. The summed E-state index contributed by atoms with van der Waals surface area (Å²) in [4.78, 5) is 22.3. The van der Waals surface area contributed by atoms with Gasteiger partial charge in [0.1, 0.15) is 5.69 Å². The molecular formula is C15H19N5O. The minimum Gasteiger partial charge on any atom is -0.343 e. The zero-order valence-electron chi connectivity index (χ0n) is 12.1. The first kappa shape index (κ1) is 13.7. The second-order valence-electron chi connectivity index (χ2n) is 5.54. The molecule has 3 rings (SSSR count). The van der Waals surface area contributed by atoms with Crippen LogP contribution in [0.5, 0.6) is 0 Å². The van der Waals surface area contributed by atoms with E-state index in [-0.39, 0.29) is 5.91 Å². The molecule has 1 amide bonds. The second-order valence-corrected chi connectivity index (χ2v) is 5.54. The van der Waals surface area contributed by atoms with E-state index in [9.17, 15) is 4.79 Å². The number of piperidine rings is 1. The van der Waals surface area contributed by atoms with Crippen molar-refractivity contribution in [2.75, 3.05) is 13.1 Å². The molecule has 21 heavy (non-hydrogen) atoms. The molecule has 0 radical (unpaired) electrons. The van der Waals surface area contributed by atoms with Crippen molar-refractivity contribution in [3.63, 3.8) is 0 Å². The molecule has 1 aliphatic heterocycles. The molecule has 0 aromatic carbocycles. The average Bonchev–Trinajstić information content (AvgIpc) is 3.02. The number of carbonyl (C=O) groups excluding carboxylic acids is 1. The maximum atomic E-state index is 11.5. The van der Waals surface area contributed by atoms with E-state index in [1.807, 2.05) is 17.2 Å². The predicted molar refractivity (Wildman–Crippen MR) is 78.3 cm³/mol. The number of hydrogen-bond acceptors (Lipinski definition) is 4. The molecule has 1 N–H and O–H groups in total. The van der Waals surface area contributed by atoms with Gasteiger partial charge in [-0.05, 0) is 31.2 Å². The molecular weight excluding hydrogens is 266 g/mol. The average molecular weight is 285 g/mol. The van der Waals surface area contributed by atoms with Crippen LogP contribution >= 0.6 is 0 Å². The number of carbonyl (C=O) groups is 1. The van der Waals surface area contributed by atoms with E-state index in [1.165, 1.54) is 0 Å². The van der Waals surface area contributed by atoms with E-state index in [1.54, 1.807) is 19.3 Å². The van der Waals surface area contributed by atoms with E-state index in [2.05, 4.69) is 20.2 Å². The summed E-state index contributed by atoms with van der Waals surface area (Å²) in [7, 11) is 0. The van der Waals surface area contributed by atoms with Gasteiger partial charge in [-0.25, -0.2) is 4.98 Å². The van der Waals surface area contributed by atoms with Crippen LogP contribution in [0.2, 0.25) is 0 Å². The summed E-state index contributed by atoms with van der Waals surface area (Å²) in [5.41, 5.74) is 2.65. The second kappa shape index (κ2) is 6.03. The van der Waals surface area contributed by atoms with Crippen molar-refractivity contribution in [3.8, 4) is 11.4 Å². The minimum atomic E-state index is 0.164. The fourth-order valence-electron chi connectivity index (χ4n) is 2.85. The number of amides is 1. The van der Waals surface area contributed by atoms with Crippen LogP contribution in [0.1, 0.15) is 25.5 Å². The summed E-state index contributed by atoms with van der Waals surface area (Å²) < 4.78 is 0. The van der Waals surface area contributed by atoms with Gasteiger partial charge in [0.05, 0.1) is 17.6 Å². The summed E-state index contributed by atoms with van der Waals surface area (Å²) in [5, 5.41) is 6.84. The number of hydrogen-bond donors (Lipinski definition) is 1. The number of aromatic nitrogens is 4. The fraction of sp³-hybridized carbons (Fsp3) is 0.467. The molecule has 110 valence electrons. The third-order valence-electron chi connectivity index (χ3n) is 3.92. The summed E-state index contributed by atoms with van der Waals surface area (Å²) in [6.45, 7) is 3.35. The third-order valence-corrected chi connectivity index (χ3v) is 3.92. The van der Waals surface area contributed by atoms with Crippen LogP contribution in [0.25, 0.3) is 11.4 Å². The molecule has 1 saturated heterocycles. The Morgan fingerprint density at radius 1 is 1.48 bits per heavy atom. The van der Waals surface area contributed by atoms with Crippen LogP contribution in [-0.4, -0.2) is 44.1 Å². The SMILES string of the molecule is CC(=O)N1CCC[C@H](Cc2cncc(-c3ccn[nH]3)n2)C1. The standard InChI is InChI=1S/C15H19N5O/c1-11(21)20-6-2-3-12(10-20)7-13-8-16-9-15(18-13)14-4-5-17-19-14/h4-5,8-9,12H,2-3,6-7,10H2,1H3,(H,17,19)/t12-/m1/s1. The molecule has 0 spiro atoms. The van der Waals surface area contributed by atoms with E-state index < -0.39 is 0 Å². The van der Waals surface area contributed by atoms with Crippen molar-refractivity contribution in [2.45, 2.75) is 26.2 Å². The van der Waals surface area contributed by atoms with Crippen molar-refractivity contribution in [3.05, 3.63) is 30.4 Å². The van der Waals surface area contributed by atoms with E-state index in [0.29, 0.717) is 5.92 Å². The number of aromatic amines is 1. The van der Waals surface area contributed by atoms with Crippen LogP contribution in [0.3, 0.4) is 0 Å². The topological polar surface area (TPSA) is 74.8 Å². The van der Waals surface area contributed by atoms with Crippen LogP contribution in [-0.2, 0) is 11.2 Å². The van der Waals surface area contributed by atoms with Gasteiger partial charge in [-0.1, -0.05) is 0 Å². The monoisotopic (exact) mass is 285 g/mol. The van der Waals surface area contributed by atoms with Gasteiger partial charge in [0.2, 0.25) is 5.91 Å². The molecule has 2 aromatic heterocycles. The molecule has 6 nitrogen and oxygen atoms in total. The van der Waals surface area contributed by atoms with Gasteiger partial charge in [-0.2, -0.15) is 5.10 Å². The molecule has 0 saturated carbocycles. The normalized spacial score (nSPS) is 18.7. The smallest absolute Gasteiger partial charge is 0.219 e. The predicted octanol–water partition coefficient (Wildman–Crippen LogP) is 1.67. The van der Waals surface area contributed by atoms with Gasteiger partial charge in [-0.15, -0.1) is 0 Å². The maximum Gasteiger partial charge on any atom is 0.219 e. The van der Waals surface area contributed by atoms with Crippen molar-refractivity contribution >= 4 is 5.91 Å². The summed E-state index contributed by atoms with van der Waals surface area (Å²) in [5.74, 6) is 0.631. The molecule has 3 heterocycles. The number of rotatable bonds is 3. The van der Waals surface area contributed by atoms with Crippen molar-refractivity contribution in [2.24, 2.45) is 5.92 Å². The lowest BCUT2D eigenvalue weighted by Crippen LogP contribution is -2.39. The molecule has 0 aliphatic carbocycles. The Morgan fingerprint density at radius 3 is 3.14 bits per heavy atom. The Labute approximate surface area is 123 Å². The third kappa shape index (κ3) is 3.26. The van der Waals surface area contributed by atoms with Gasteiger partial charge in [0.15, 0.2) is 0 Å². The van der Waals surface area contributed by atoms with Gasteiger partial charge in [0.25, 0.3) is 0 Å². The van der Waals surface area contributed by atoms with Crippen LogP contribution in [0.4, 0.5) is 0 Å². The zero-order valence-corrected chi connectivity index (χ0v) is 12.1. The first-order valence-electron chi connectivity index (χ1n) is 7.28. The highest BCUT2D eigenvalue weighted by atomic mass is 16.2. The molecule has 2 aromatic rings. The molecule has 1 aliphatic rings. The highest BCUT2D eigenvalue weighted by Gasteiger charge is 2.22. The molecule has 0 bridgehead atoms. The zero-order chi connectivity index (χ0) is 14.7. The quantitative estimate of drug-likeness (QED) is 0.930. The molecule has 1 fully saturated rings. The number of H-pyrrole nitrogens is 1. The Morgan fingerprint density at radius 2 is 2.38 bits per heavy atom. The van der Waals surface area contributed by atoms with E-state index in [4.69, 9.17) is 0 Å². The molecule has 6 heteroatoms. The highest BCUT2D eigenvalue weighted by Crippen LogP contribution is 2.21. The van der Waals surface area contributed by atoms with E-state index in [0.717, 1.165) is 49.4 Å². The van der Waals surface area contributed by atoms with Crippen molar-refractivity contribution < 1.29 is 4.79 Å². The van der Waals surface area contributed by atoms with Gasteiger partial charge < -0.3 is 4.90 Å². The fourth-order valence-corrected chi connectivity index (χ4v) is 2.85. The summed E-state index contributed by atoms with van der Waals surface area (Å²) >= 11 is 0. The summed E-state index contributed by atoms with van der Waals surface area (Å²) in [6, 6.07) is 1.88. The van der Waals surface area contributed by atoms with Gasteiger partial charge in [-0.3, -0.25) is 14.9 Å². The molecule has 1 atom stereocenters. The van der Waals surface area contributed by atoms with Crippen LogP contribution in [0.15, 0.2) is 24.7 Å². The Balaban J connectivity index is 1.70.